The molecule has 1 aromatic heterocycles. The van der Waals surface area contributed by atoms with Crippen LogP contribution in [-0.4, -0.2) is 22.3 Å². The number of hydrogen-bond acceptors (Lipinski definition) is 3. The Morgan fingerprint density at radius 1 is 1.25 bits per heavy atom. The molecule has 3 aromatic rings. The first-order valence-electron chi connectivity index (χ1n) is 8.19. The molecule has 1 N–H and O–H groups in total. The summed E-state index contributed by atoms with van der Waals surface area (Å²) in [5, 5.41) is 20.1. The first kappa shape index (κ1) is 15.4. The summed E-state index contributed by atoms with van der Waals surface area (Å²) in [6.07, 6.45) is 4.48. The molecule has 0 spiro atoms. The summed E-state index contributed by atoms with van der Waals surface area (Å²) in [4.78, 5) is 1.20. The van der Waals surface area contributed by atoms with E-state index in [1.807, 2.05) is 12.1 Å². The molecule has 0 aliphatic carbocycles. The summed E-state index contributed by atoms with van der Waals surface area (Å²) in [6.45, 7) is -0.341. The second kappa shape index (κ2) is 6.39. The minimum Gasteiger partial charge on any atom is -0.446 e. The van der Waals surface area contributed by atoms with Crippen LogP contribution in [0.4, 0.5) is 0 Å². The highest BCUT2D eigenvalue weighted by Crippen LogP contribution is 2.32. The van der Waals surface area contributed by atoms with Crippen LogP contribution in [0.2, 0.25) is 6.32 Å². The summed E-state index contributed by atoms with van der Waals surface area (Å²) in [6, 6.07) is 16.9. The number of hydrogen-bond donors (Lipinski definition) is 1. The third-order valence-electron chi connectivity index (χ3n) is 4.60. The van der Waals surface area contributed by atoms with Gasteiger partial charge in [-0.05, 0) is 36.4 Å². The Hall–Kier alpha value is -2.16. The zero-order valence-electron chi connectivity index (χ0n) is 13.3. The van der Waals surface area contributed by atoms with Gasteiger partial charge in [0, 0.05) is 34.3 Å². The molecule has 2 aromatic carbocycles. The number of fused-ring (bicyclic) bond motifs is 2. The van der Waals surface area contributed by atoms with E-state index in [1.54, 1.807) is 11.8 Å². The van der Waals surface area contributed by atoms with Crippen LogP contribution in [0.15, 0.2) is 53.6 Å². The van der Waals surface area contributed by atoms with E-state index in [-0.39, 0.29) is 6.92 Å². The topological polar surface area (TPSA) is 49.0 Å². The smallest absolute Gasteiger partial charge is 0.324 e. The van der Waals surface area contributed by atoms with Crippen LogP contribution < -0.4 is 5.46 Å². The minimum atomic E-state index is -0.341. The van der Waals surface area contributed by atoms with Gasteiger partial charge in [-0.25, -0.2) is 0 Å². The third-order valence-corrected chi connectivity index (χ3v) is 5.65. The van der Waals surface area contributed by atoms with Gasteiger partial charge >= 0.3 is 6.92 Å². The van der Waals surface area contributed by atoms with Gasteiger partial charge < -0.3 is 9.59 Å². The number of para-hydroxylation sites is 1. The van der Waals surface area contributed by atoms with Crippen LogP contribution in [0, 0.1) is 11.3 Å². The number of aromatic nitrogens is 1. The third kappa shape index (κ3) is 2.62. The second-order valence-electron chi connectivity index (χ2n) is 6.07. The zero-order chi connectivity index (χ0) is 16.5. The standard InChI is InChI=1S/C19H17BN2OS/c21-10-3-11-24-19-13-22(18-5-2-1-4-16(18)19)15-7-6-14-8-9-20(23)17(14)12-15/h1-2,4-7,12-13,23H,3,8-9,11H2. The van der Waals surface area contributed by atoms with Gasteiger partial charge in [0.1, 0.15) is 0 Å². The molecule has 4 rings (SSSR count). The van der Waals surface area contributed by atoms with E-state index in [1.165, 1.54) is 15.8 Å². The first-order valence-corrected chi connectivity index (χ1v) is 9.17. The Labute approximate surface area is 146 Å². The number of nitrogens with zero attached hydrogens (tertiary/aromatic N) is 2. The molecule has 0 atom stereocenters. The maximum atomic E-state index is 10.2. The molecule has 2 heterocycles. The van der Waals surface area contributed by atoms with Crippen LogP contribution in [-0.2, 0) is 6.42 Å². The monoisotopic (exact) mass is 332 g/mol. The molecule has 0 bridgehead atoms. The van der Waals surface area contributed by atoms with Crippen LogP contribution >= 0.6 is 11.8 Å². The van der Waals surface area contributed by atoms with Crippen LogP contribution in [0.25, 0.3) is 16.6 Å². The summed E-state index contributed by atoms with van der Waals surface area (Å²) in [5.74, 6) is 0.799. The predicted octanol–water partition coefficient (Wildman–Crippen LogP) is 3.38. The molecule has 5 heteroatoms. The van der Waals surface area contributed by atoms with Crippen LogP contribution in [0.1, 0.15) is 12.0 Å². The SMILES string of the molecule is N#CCCSc1cn(-c2ccc3c(c2)B(O)CC3)c2ccccc12. The Balaban J connectivity index is 1.80. The normalized spacial score (nSPS) is 13.2. The fourth-order valence-corrected chi connectivity index (χ4v) is 4.32. The lowest BCUT2D eigenvalue weighted by atomic mass is 9.63. The molecule has 1 aliphatic heterocycles. The molecular formula is C19H17BN2OS. The second-order valence-corrected chi connectivity index (χ2v) is 7.21. The molecule has 0 fully saturated rings. The molecule has 0 saturated carbocycles. The Bertz CT molecular complexity index is 944. The van der Waals surface area contributed by atoms with E-state index in [9.17, 15) is 5.02 Å². The van der Waals surface area contributed by atoms with Gasteiger partial charge in [0.05, 0.1) is 11.6 Å². The molecule has 118 valence electrons. The van der Waals surface area contributed by atoms with E-state index in [2.05, 4.69) is 47.2 Å². The number of aryl methyl sites for hydroxylation is 1. The van der Waals surface area contributed by atoms with E-state index in [0.717, 1.165) is 35.2 Å². The fraction of sp³-hybridized carbons (Fsp3) is 0.211. The molecule has 0 radical (unpaired) electrons. The quantitative estimate of drug-likeness (QED) is 0.453. The molecular weight excluding hydrogens is 315 g/mol. The molecule has 24 heavy (non-hydrogen) atoms. The lowest BCUT2D eigenvalue weighted by molar-refractivity contribution is 0.587. The molecule has 0 saturated heterocycles. The largest absolute Gasteiger partial charge is 0.446 e. The highest BCUT2D eigenvalue weighted by atomic mass is 32.2. The van der Waals surface area contributed by atoms with E-state index in [4.69, 9.17) is 5.26 Å². The van der Waals surface area contributed by atoms with E-state index >= 15 is 0 Å². The van der Waals surface area contributed by atoms with E-state index in [0.29, 0.717) is 6.42 Å². The van der Waals surface area contributed by atoms with Gasteiger partial charge in [-0.3, -0.25) is 0 Å². The van der Waals surface area contributed by atoms with Crippen molar-refractivity contribution in [3.8, 4) is 11.8 Å². The van der Waals surface area contributed by atoms with Crippen molar-refractivity contribution in [1.29, 1.82) is 5.26 Å². The van der Waals surface area contributed by atoms with Gasteiger partial charge in [0.25, 0.3) is 0 Å². The average Bonchev–Trinajstić information content (AvgIpc) is 3.17. The summed E-state index contributed by atoms with van der Waals surface area (Å²) < 4.78 is 2.19. The Morgan fingerprint density at radius 3 is 3.00 bits per heavy atom. The Morgan fingerprint density at radius 2 is 2.12 bits per heavy atom. The maximum absolute atomic E-state index is 10.2. The number of rotatable bonds is 4. The van der Waals surface area contributed by atoms with Crippen molar-refractivity contribution in [2.45, 2.75) is 24.1 Å². The van der Waals surface area contributed by atoms with Gasteiger partial charge in [0.2, 0.25) is 0 Å². The molecule has 3 nitrogen and oxygen atoms in total. The Kier molecular flexibility index (Phi) is 4.09. The first-order chi connectivity index (χ1) is 11.8. The fourth-order valence-electron chi connectivity index (χ4n) is 3.40. The van der Waals surface area contributed by atoms with Crippen molar-refractivity contribution in [3.05, 3.63) is 54.2 Å². The van der Waals surface area contributed by atoms with Crippen molar-refractivity contribution < 1.29 is 5.02 Å². The molecule has 1 aliphatic rings. The summed E-state index contributed by atoms with van der Waals surface area (Å²) in [7, 11) is 0. The number of benzene rings is 2. The summed E-state index contributed by atoms with van der Waals surface area (Å²) >= 11 is 1.72. The van der Waals surface area contributed by atoms with Crippen molar-refractivity contribution in [2.75, 3.05) is 5.75 Å². The lowest BCUT2D eigenvalue weighted by Gasteiger charge is -2.09. The predicted molar refractivity (Wildman–Crippen MR) is 100 cm³/mol. The van der Waals surface area contributed by atoms with Gasteiger partial charge in [0.15, 0.2) is 0 Å². The molecule has 0 amide bonds. The van der Waals surface area contributed by atoms with Crippen molar-refractivity contribution in [2.24, 2.45) is 0 Å². The van der Waals surface area contributed by atoms with Crippen LogP contribution in [0.5, 0.6) is 0 Å². The van der Waals surface area contributed by atoms with Gasteiger partial charge in [-0.1, -0.05) is 29.8 Å². The number of thioether (sulfide) groups is 1. The number of nitriles is 1. The van der Waals surface area contributed by atoms with Crippen molar-refractivity contribution in [1.82, 2.24) is 4.57 Å². The zero-order valence-corrected chi connectivity index (χ0v) is 14.1. The van der Waals surface area contributed by atoms with Crippen LogP contribution in [0.3, 0.4) is 0 Å². The molecule has 0 unspecified atom stereocenters. The van der Waals surface area contributed by atoms with Gasteiger partial charge in [-0.2, -0.15) is 5.26 Å². The van der Waals surface area contributed by atoms with Crippen molar-refractivity contribution >= 4 is 35.0 Å². The minimum absolute atomic E-state index is 0.341. The van der Waals surface area contributed by atoms with Crippen molar-refractivity contribution in [3.63, 3.8) is 0 Å². The average molecular weight is 332 g/mol. The highest BCUT2D eigenvalue weighted by Gasteiger charge is 2.25. The summed E-state index contributed by atoms with van der Waals surface area (Å²) in [5.41, 5.74) is 4.55. The van der Waals surface area contributed by atoms with Gasteiger partial charge in [-0.15, -0.1) is 11.8 Å². The maximum Gasteiger partial charge on any atom is 0.324 e. The highest BCUT2D eigenvalue weighted by molar-refractivity contribution is 7.99. The lowest BCUT2D eigenvalue weighted by Crippen LogP contribution is -2.26. The van der Waals surface area contributed by atoms with E-state index < -0.39 is 0 Å².